The number of nitrogens with two attached hydrogens (primary N) is 1. The van der Waals surface area contributed by atoms with Gasteiger partial charge in [-0.3, -0.25) is 9.59 Å². The summed E-state index contributed by atoms with van der Waals surface area (Å²) in [5.74, 6) is 0.137. The smallest absolute Gasteiger partial charge is 0.225 e. The number of carbonyl (C=O) groups excluding carboxylic acids is 2. The molecule has 4 N–H and O–H groups in total. The van der Waals surface area contributed by atoms with Gasteiger partial charge in [-0.2, -0.15) is 0 Å². The second-order valence-electron chi connectivity index (χ2n) is 5.81. The Hall–Kier alpha value is -1.10. The van der Waals surface area contributed by atoms with Gasteiger partial charge in [0.25, 0.3) is 0 Å². The number of nitrogens with one attached hydrogen (secondary N) is 2. The van der Waals surface area contributed by atoms with E-state index in [0.29, 0.717) is 26.1 Å². The van der Waals surface area contributed by atoms with Crippen molar-refractivity contribution in [2.45, 2.75) is 52.9 Å². The second-order valence-corrected chi connectivity index (χ2v) is 5.81. The van der Waals surface area contributed by atoms with Crippen LogP contribution in [0.2, 0.25) is 0 Å². The van der Waals surface area contributed by atoms with Crippen LogP contribution >= 0.6 is 0 Å². The highest BCUT2D eigenvalue weighted by atomic mass is 16.2. The van der Waals surface area contributed by atoms with Crippen LogP contribution in [-0.4, -0.2) is 31.4 Å². The topological polar surface area (TPSA) is 84.2 Å². The van der Waals surface area contributed by atoms with Crippen LogP contribution in [0.5, 0.6) is 0 Å². The third kappa shape index (κ3) is 10.5. The van der Waals surface area contributed by atoms with Crippen LogP contribution in [-0.2, 0) is 9.59 Å². The molecule has 112 valence electrons. The maximum absolute atomic E-state index is 11.6. The van der Waals surface area contributed by atoms with Crippen molar-refractivity contribution in [2.75, 3.05) is 19.6 Å². The lowest BCUT2D eigenvalue weighted by atomic mass is 9.96. The van der Waals surface area contributed by atoms with E-state index in [2.05, 4.69) is 10.6 Å². The highest BCUT2D eigenvalue weighted by molar-refractivity contribution is 5.81. The second kappa shape index (κ2) is 9.78. The molecule has 0 atom stereocenters. The number of hydrogen-bond acceptors (Lipinski definition) is 3. The van der Waals surface area contributed by atoms with Gasteiger partial charge in [0.15, 0.2) is 0 Å². The molecule has 0 radical (unpaired) electrons. The number of amides is 2. The van der Waals surface area contributed by atoms with Crippen molar-refractivity contribution < 1.29 is 9.59 Å². The van der Waals surface area contributed by atoms with Crippen LogP contribution < -0.4 is 16.4 Å². The summed E-state index contributed by atoms with van der Waals surface area (Å²) in [6.07, 6.45) is 4.03. The van der Waals surface area contributed by atoms with E-state index in [1.54, 1.807) is 0 Å². The normalized spacial score (nSPS) is 11.2. The Bertz CT molecular complexity index is 272. The molecule has 19 heavy (non-hydrogen) atoms. The van der Waals surface area contributed by atoms with E-state index < -0.39 is 0 Å². The summed E-state index contributed by atoms with van der Waals surface area (Å²) in [7, 11) is 0. The zero-order valence-corrected chi connectivity index (χ0v) is 12.6. The van der Waals surface area contributed by atoms with Crippen molar-refractivity contribution in [1.29, 1.82) is 0 Å². The molecule has 0 fully saturated rings. The summed E-state index contributed by atoms with van der Waals surface area (Å²) in [4.78, 5) is 23.0. The zero-order valence-electron chi connectivity index (χ0n) is 12.6. The number of rotatable bonds is 9. The minimum absolute atomic E-state index is 0.0544. The van der Waals surface area contributed by atoms with Gasteiger partial charge in [-0.15, -0.1) is 0 Å². The Balaban J connectivity index is 3.44. The van der Waals surface area contributed by atoms with Gasteiger partial charge in [-0.25, -0.2) is 0 Å². The van der Waals surface area contributed by atoms with Crippen molar-refractivity contribution in [1.82, 2.24) is 10.6 Å². The van der Waals surface area contributed by atoms with E-state index in [1.165, 1.54) is 0 Å². The summed E-state index contributed by atoms with van der Waals surface area (Å²) in [5.41, 5.74) is 5.02. The van der Waals surface area contributed by atoms with Crippen LogP contribution in [0.15, 0.2) is 0 Å². The van der Waals surface area contributed by atoms with E-state index in [0.717, 1.165) is 25.7 Å². The molecule has 0 saturated carbocycles. The molecule has 0 aromatic carbocycles. The Kier molecular flexibility index (Phi) is 9.21. The summed E-state index contributed by atoms with van der Waals surface area (Å²) in [6.45, 7) is 7.67. The van der Waals surface area contributed by atoms with Crippen LogP contribution in [0.4, 0.5) is 0 Å². The Morgan fingerprint density at radius 1 is 0.947 bits per heavy atom. The first-order chi connectivity index (χ1) is 8.88. The highest BCUT2D eigenvalue weighted by Gasteiger charge is 2.20. The minimum Gasteiger partial charge on any atom is -0.356 e. The molecule has 2 amide bonds. The summed E-state index contributed by atoms with van der Waals surface area (Å²) >= 11 is 0. The van der Waals surface area contributed by atoms with Crippen molar-refractivity contribution in [3.63, 3.8) is 0 Å². The van der Waals surface area contributed by atoms with Gasteiger partial charge < -0.3 is 16.4 Å². The first-order valence-corrected chi connectivity index (χ1v) is 7.13. The lowest BCUT2D eigenvalue weighted by Crippen LogP contribution is -2.35. The van der Waals surface area contributed by atoms with E-state index in [4.69, 9.17) is 5.73 Å². The van der Waals surface area contributed by atoms with E-state index in [1.807, 2.05) is 20.8 Å². The van der Waals surface area contributed by atoms with Crippen LogP contribution in [0, 0.1) is 5.41 Å². The largest absolute Gasteiger partial charge is 0.356 e. The summed E-state index contributed by atoms with van der Waals surface area (Å²) in [6, 6.07) is 0. The third-order valence-corrected chi connectivity index (χ3v) is 2.75. The fraction of sp³-hybridized carbons (Fsp3) is 0.857. The summed E-state index contributed by atoms with van der Waals surface area (Å²) in [5, 5.41) is 5.73. The molecule has 0 saturated heterocycles. The molecular weight excluding hydrogens is 242 g/mol. The molecule has 0 unspecified atom stereocenters. The van der Waals surface area contributed by atoms with Gasteiger partial charge in [-0.1, -0.05) is 20.8 Å². The van der Waals surface area contributed by atoms with Gasteiger partial charge in [0.05, 0.1) is 0 Å². The first-order valence-electron chi connectivity index (χ1n) is 7.13. The molecule has 5 nitrogen and oxygen atoms in total. The molecule has 0 aliphatic rings. The first kappa shape index (κ1) is 17.9. The zero-order chi connectivity index (χ0) is 14.7. The molecule has 0 bridgehead atoms. The SMILES string of the molecule is CC(C)(C)C(=O)NCCCCC(=O)NCCCCN. The Morgan fingerprint density at radius 3 is 2.11 bits per heavy atom. The molecule has 5 heteroatoms. The minimum atomic E-state index is -0.347. The highest BCUT2D eigenvalue weighted by Crippen LogP contribution is 2.12. The number of hydrogen-bond donors (Lipinski definition) is 3. The molecule has 0 aromatic rings. The Labute approximate surface area is 116 Å². The third-order valence-electron chi connectivity index (χ3n) is 2.75. The van der Waals surface area contributed by atoms with Crippen molar-refractivity contribution in [3.05, 3.63) is 0 Å². The van der Waals surface area contributed by atoms with Gasteiger partial charge in [0, 0.05) is 24.9 Å². The molecule has 0 aliphatic carbocycles. The Morgan fingerprint density at radius 2 is 1.53 bits per heavy atom. The number of unbranched alkanes of at least 4 members (excludes halogenated alkanes) is 2. The molecular formula is C14H29N3O2. The molecule has 0 rings (SSSR count). The van der Waals surface area contributed by atoms with Gasteiger partial charge >= 0.3 is 0 Å². The van der Waals surface area contributed by atoms with E-state index >= 15 is 0 Å². The van der Waals surface area contributed by atoms with Crippen LogP contribution in [0.3, 0.4) is 0 Å². The van der Waals surface area contributed by atoms with Crippen molar-refractivity contribution >= 4 is 11.8 Å². The molecule has 0 aliphatic heterocycles. The lowest BCUT2D eigenvalue weighted by molar-refractivity contribution is -0.128. The van der Waals surface area contributed by atoms with Gasteiger partial charge in [0.1, 0.15) is 0 Å². The van der Waals surface area contributed by atoms with E-state index in [-0.39, 0.29) is 17.2 Å². The average molecular weight is 271 g/mol. The average Bonchev–Trinajstić information content (AvgIpc) is 2.33. The number of carbonyl (C=O) groups is 2. The van der Waals surface area contributed by atoms with Crippen molar-refractivity contribution in [3.8, 4) is 0 Å². The van der Waals surface area contributed by atoms with Crippen LogP contribution in [0.1, 0.15) is 52.9 Å². The maximum atomic E-state index is 11.6. The fourth-order valence-electron chi connectivity index (χ4n) is 1.46. The fourth-order valence-corrected chi connectivity index (χ4v) is 1.46. The predicted octanol–water partition coefficient (Wildman–Crippen LogP) is 1.17. The van der Waals surface area contributed by atoms with Gasteiger partial charge in [-0.05, 0) is 32.2 Å². The molecule has 0 heterocycles. The van der Waals surface area contributed by atoms with Gasteiger partial charge in [0.2, 0.25) is 11.8 Å². The quantitative estimate of drug-likeness (QED) is 0.550. The monoisotopic (exact) mass is 271 g/mol. The standard InChI is InChI=1S/C14H29N3O2/c1-14(2,3)13(19)17-11-6-4-8-12(18)16-10-7-5-9-15/h4-11,15H2,1-3H3,(H,16,18)(H,17,19). The summed E-state index contributed by atoms with van der Waals surface area (Å²) < 4.78 is 0. The molecule has 0 spiro atoms. The lowest BCUT2D eigenvalue weighted by Gasteiger charge is -2.17. The maximum Gasteiger partial charge on any atom is 0.225 e. The predicted molar refractivity (Wildman–Crippen MR) is 77.6 cm³/mol. The van der Waals surface area contributed by atoms with E-state index in [9.17, 15) is 9.59 Å². The van der Waals surface area contributed by atoms with Crippen molar-refractivity contribution in [2.24, 2.45) is 11.1 Å². The molecule has 0 aromatic heterocycles. The van der Waals surface area contributed by atoms with Crippen LogP contribution in [0.25, 0.3) is 0 Å².